The lowest BCUT2D eigenvalue weighted by Crippen LogP contribution is -1.92. The minimum atomic E-state index is 0.252. The van der Waals surface area contributed by atoms with Crippen molar-refractivity contribution in [1.82, 2.24) is 0 Å². The van der Waals surface area contributed by atoms with E-state index in [9.17, 15) is 5.11 Å². The summed E-state index contributed by atoms with van der Waals surface area (Å²) in [5, 5.41) is 15.9. The van der Waals surface area contributed by atoms with Crippen LogP contribution in [0.2, 0.25) is 0 Å². The van der Waals surface area contributed by atoms with Gasteiger partial charge in [0.05, 0.1) is 0 Å². The second-order valence-electron chi connectivity index (χ2n) is 9.99. The van der Waals surface area contributed by atoms with Crippen molar-refractivity contribution in [2.75, 3.05) is 0 Å². The van der Waals surface area contributed by atoms with Gasteiger partial charge in [0.15, 0.2) is 0 Å². The predicted octanol–water partition coefficient (Wildman–Crippen LogP) is 11.1. The zero-order valence-corrected chi connectivity index (χ0v) is 23.3. The summed E-state index contributed by atoms with van der Waals surface area (Å²) < 4.78 is 0.850. The molecule has 0 saturated heterocycles. The number of aromatic hydroxyl groups is 1. The molecule has 0 saturated carbocycles. The molecule has 1 N–H and O–H groups in total. The van der Waals surface area contributed by atoms with E-state index in [2.05, 4.69) is 137 Å². The number of phenolic OH excluding ortho intramolecular Hbond substituents is 1. The monoisotopic (exact) mass is 576 g/mol. The third kappa shape index (κ3) is 4.18. The van der Waals surface area contributed by atoms with Gasteiger partial charge in [0.1, 0.15) is 5.75 Å². The molecule has 0 radical (unpaired) electrons. The van der Waals surface area contributed by atoms with Gasteiger partial charge in [-0.05, 0) is 84.8 Å². The van der Waals surface area contributed by atoms with E-state index in [1.807, 2.05) is 18.2 Å². The molecule has 0 fully saturated rings. The van der Waals surface area contributed by atoms with E-state index in [1.165, 1.54) is 38.2 Å². The lowest BCUT2D eigenvalue weighted by Gasteiger charge is -2.19. The molecule has 0 aliphatic carbocycles. The van der Waals surface area contributed by atoms with Gasteiger partial charge in [0.2, 0.25) is 0 Å². The molecule has 40 heavy (non-hydrogen) atoms. The minimum absolute atomic E-state index is 0.252. The fourth-order valence-electron chi connectivity index (χ4n) is 5.87. The van der Waals surface area contributed by atoms with Gasteiger partial charge in [0.25, 0.3) is 0 Å². The van der Waals surface area contributed by atoms with E-state index in [1.54, 1.807) is 6.07 Å². The molecule has 190 valence electrons. The standard InChI is InChI=1S/C38H25BrO/c39-26-21-22-36(38(40)24-26)33-18-8-6-16-31(33)29-14-4-5-15-30(29)32-17-7-10-20-35(32)37-23-25-11-1-2-12-27(25)28-13-3-9-19-34(28)37/h1-24,40H. The third-order valence-corrected chi connectivity index (χ3v) is 8.16. The SMILES string of the molecule is Oc1cc(Br)ccc1-c1ccccc1-c1ccccc1-c1ccccc1-c1cc2ccccc2c2ccccc12. The summed E-state index contributed by atoms with van der Waals surface area (Å²) in [6, 6.07) is 50.9. The van der Waals surface area contributed by atoms with Crippen LogP contribution in [0.5, 0.6) is 5.75 Å². The van der Waals surface area contributed by atoms with Crippen LogP contribution >= 0.6 is 15.9 Å². The summed E-state index contributed by atoms with van der Waals surface area (Å²) >= 11 is 3.48. The second kappa shape index (κ2) is 10.1. The Labute approximate surface area is 242 Å². The van der Waals surface area contributed by atoms with Gasteiger partial charge < -0.3 is 5.11 Å². The highest BCUT2D eigenvalue weighted by Gasteiger charge is 2.18. The molecule has 1 nitrogen and oxygen atoms in total. The van der Waals surface area contributed by atoms with E-state index in [-0.39, 0.29) is 5.75 Å². The molecular formula is C38H25BrO. The number of phenols is 1. The third-order valence-electron chi connectivity index (χ3n) is 7.67. The van der Waals surface area contributed by atoms with Crippen LogP contribution < -0.4 is 0 Å². The molecule has 0 amide bonds. The molecule has 0 aromatic heterocycles. The topological polar surface area (TPSA) is 20.2 Å². The van der Waals surface area contributed by atoms with Crippen LogP contribution in [-0.2, 0) is 0 Å². The summed E-state index contributed by atoms with van der Waals surface area (Å²) in [5.41, 5.74) is 8.75. The summed E-state index contributed by atoms with van der Waals surface area (Å²) in [6.07, 6.45) is 0. The summed E-state index contributed by atoms with van der Waals surface area (Å²) in [4.78, 5) is 0. The lowest BCUT2D eigenvalue weighted by molar-refractivity contribution is 0.477. The highest BCUT2D eigenvalue weighted by Crippen LogP contribution is 2.45. The van der Waals surface area contributed by atoms with Gasteiger partial charge in [-0.15, -0.1) is 0 Å². The summed E-state index contributed by atoms with van der Waals surface area (Å²) in [7, 11) is 0. The van der Waals surface area contributed by atoms with Crippen molar-refractivity contribution in [3.63, 3.8) is 0 Å². The van der Waals surface area contributed by atoms with Crippen LogP contribution in [0, 0.1) is 0 Å². The Bertz CT molecular complexity index is 2040. The molecule has 2 heteroatoms. The lowest BCUT2D eigenvalue weighted by atomic mass is 9.85. The highest BCUT2D eigenvalue weighted by molar-refractivity contribution is 9.10. The van der Waals surface area contributed by atoms with Gasteiger partial charge in [-0.3, -0.25) is 0 Å². The molecule has 0 heterocycles. The van der Waals surface area contributed by atoms with Crippen molar-refractivity contribution in [3.05, 3.63) is 150 Å². The van der Waals surface area contributed by atoms with Gasteiger partial charge in [0, 0.05) is 10.0 Å². The fourth-order valence-corrected chi connectivity index (χ4v) is 6.22. The molecule has 0 bridgehead atoms. The maximum absolute atomic E-state index is 10.9. The number of rotatable bonds is 4. The average molecular weight is 578 g/mol. The van der Waals surface area contributed by atoms with Crippen LogP contribution in [-0.4, -0.2) is 5.11 Å². The maximum atomic E-state index is 10.9. The van der Waals surface area contributed by atoms with Gasteiger partial charge in [-0.25, -0.2) is 0 Å². The molecule has 0 aliphatic heterocycles. The van der Waals surface area contributed by atoms with Gasteiger partial charge >= 0.3 is 0 Å². The van der Waals surface area contributed by atoms with Crippen molar-refractivity contribution in [2.24, 2.45) is 0 Å². The average Bonchev–Trinajstić information content (AvgIpc) is 3.01. The molecule has 7 rings (SSSR count). The molecule has 0 spiro atoms. The largest absolute Gasteiger partial charge is 0.507 e. The zero-order valence-electron chi connectivity index (χ0n) is 21.7. The highest BCUT2D eigenvalue weighted by atomic mass is 79.9. The first-order valence-electron chi connectivity index (χ1n) is 13.4. The summed E-state index contributed by atoms with van der Waals surface area (Å²) in [6.45, 7) is 0. The molecular weight excluding hydrogens is 552 g/mol. The molecule has 0 atom stereocenters. The molecule has 7 aromatic rings. The Morgan fingerprint density at radius 2 is 0.775 bits per heavy atom. The normalized spacial score (nSPS) is 11.2. The summed E-state index contributed by atoms with van der Waals surface area (Å²) in [5.74, 6) is 0.252. The first-order valence-corrected chi connectivity index (χ1v) is 14.2. The van der Waals surface area contributed by atoms with Crippen molar-refractivity contribution in [1.29, 1.82) is 0 Å². The Morgan fingerprint density at radius 3 is 1.32 bits per heavy atom. The maximum Gasteiger partial charge on any atom is 0.124 e. The van der Waals surface area contributed by atoms with Crippen LogP contribution in [0.3, 0.4) is 0 Å². The first kappa shape index (κ1) is 24.4. The Balaban J connectivity index is 1.48. The number of hydrogen-bond donors (Lipinski definition) is 1. The van der Waals surface area contributed by atoms with Crippen molar-refractivity contribution < 1.29 is 5.11 Å². The van der Waals surface area contributed by atoms with Crippen molar-refractivity contribution >= 4 is 37.5 Å². The van der Waals surface area contributed by atoms with Crippen LogP contribution in [0.15, 0.2) is 150 Å². The Hall–Kier alpha value is -4.66. The van der Waals surface area contributed by atoms with Crippen molar-refractivity contribution in [2.45, 2.75) is 0 Å². The predicted molar refractivity (Wildman–Crippen MR) is 173 cm³/mol. The second-order valence-corrected chi connectivity index (χ2v) is 10.9. The van der Waals surface area contributed by atoms with Gasteiger partial charge in [-0.1, -0.05) is 137 Å². The molecule has 0 unspecified atom stereocenters. The van der Waals surface area contributed by atoms with Gasteiger partial charge in [-0.2, -0.15) is 0 Å². The number of hydrogen-bond acceptors (Lipinski definition) is 1. The van der Waals surface area contributed by atoms with E-state index in [4.69, 9.17) is 0 Å². The first-order chi connectivity index (χ1) is 19.7. The molecule has 0 aliphatic rings. The van der Waals surface area contributed by atoms with E-state index in [0.29, 0.717) is 0 Å². The smallest absolute Gasteiger partial charge is 0.124 e. The van der Waals surface area contributed by atoms with Crippen LogP contribution in [0.4, 0.5) is 0 Å². The van der Waals surface area contributed by atoms with E-state index < -0.39 is 0 Å². The van der Waals surface area contributed by atoms with E-state index >= 15 is 0 Å². The zero-order chi connectivity index (χ0) is 27.1. The van der Waals surface area contributed by atoms with Crippen LogP contribution in [0.1, 0.15) is 0 Å². The van der Waals surface area contributed by atoms with Crippen molar-refractivity contribution in [3.8, 4) is 50.3 Å². The Kier molecular flexibility index (Phi) is 6.18. The quantitative estimate of drug-likeness (QED) is 0.206. The number of halogens is 1. The number of fused-ring (bicyclic) bond motifs is 3. The minimum Gasteiger partial charge on any atom is -0.507 e. The Morgan fingerprint density at radius 1 is 0.350 bits per heavy atom. The number of benzene rings is 7. The fraction of sp³-hybridized carbons (Fsp3) is 0. The van der Waals surface area contributed by atoms with E-state index in [0.717, 1.165) is 32.3 Å². The van der Waals surface area contributed by atoms with Crippen LogP contribution in [0.25, 0.3) is 66.1 Å². The molecule has 7 aromatic carbocycles.